The van der Waals surface area contributed by atoms with Crippen molar-refractivity contribution >= 4 is 16.9 Å². The van der Waals surface area contributed by atoms with Gasteiger partial charge >= 0.3 is 6.18 Å². The number of rotatable bonds is 2. The first-order valence-electron chi connectivity index (χ1n) is 8.91. The summed E-state index contributed by atoms with van der Waals surface area (Å²) in [6, 6.07) is 11.6. The van der Waals surface area contributed by atoms with Crippen LogP contribution in [-0.2, 0) is 19.3 Å². The maximum absolute atomic E-state index is 12.9. The molecule has 0 spiro atoms. The van der Waals surface area contributed by atoms with Gasteiger partial charge in [-0.25, -0.2) is 19.6 Å². The average molecular weight is 397 g/mol. The Morgan fingerprint density at radius 1 is 0.966 bits per heavy atom. The fraction of sp³-hybridized carbons (Fsp3) is 0.211. The van der Waals surface area contributed by atoms with Gasteiger partial charge in [0.25, 0.3) is 5.82 Å². The molecular formula is C19H14F3N7. The van der Waals surface area contributed by atoms with Crippen LogP contribution in [0.5, 0.6) is 0 Å². The van der Waals surface area contributed by atoms with E-state index >= 15 is 0 Å². The molecule has 0 saturated carbocycles. The second-order valence-electron chi connectivity index (χ2n) is 6.65. The Bertz CT molecular complexity index is 1200. The molecule has 10 heteroatoms. The molecule has 0 N–H and O–H groups in total. The van der Waals surface area contributed by atoms with Crippen LogP contribution in [0.3, 0.4) is 0 Å². The second-order valence-corrected chi connectivity index (χ2v) is 6.65. The number of benzene rings is 1. The van der Waals surface area contributed by atoms with E-state index in [2.05, 4.69) is 25.0 Å². The molecular weight excluding hydrogens is 383 g/mol. The topological polar surface area (TPSA) is 72.6 Å². The van der Waals surface area contributed by atoms with Crippen molar-refractivity contribution in [2.75, 3.05) is 11.4 Å². The number of alkyl halides is 3. The maximum Gasteiger partial charge on any atom is 0.453 e. The zero-order chi connectivity index (χ0) is 20.0. The highest BCUT2D eigenvalue weighted by molar-refractivity contribution is 5.82. The number of halogens is 3. The van der Waals surface area contributed by atoms with Crippen LogP contribution in [0.25, 0.3) is 22.2 Å². The van der Waals surface area contributed by atoms with Gasteiger partial charge in [0.1, 0.15) is 5.82 Å². The van der Waals surface area contributed by atoms with Crippen molar-refractivity contribution < 1.29 is 13.2 Å². The highest BCUT2D eigenvalue weighted by Gasteiger charge is 2.38. The molecule has 0 fully saturated rings. The Labute approximate surface area is 162 Å². The molecule has 0 aliphatic carbocycles. The van der Waals surface area contributed by atoms with Crippen molar-refractivity contribution in [1.82, 2.24) is 29.7 Å². The Hall–Kier alpha value is -3.56. The van der Waals surface area contributed by atoms with Crippen molar-refractivity contribution in [3.8, 4) is 11.3 Å². The van der Waals surface area contributed by atoms with Crippen LogP contribution < -0.4 is 4.90 Å². The number of anilines is 1. The molecule has 1 aromatic carbocycles. The molecule has 0 unspecified atom stereocenters. The van der Waals surface area contributed by atoms with Gasteiger partial charge in [-0.05, 0) is 18.2 Å². The van der Waals surface area contributed by atoms with E-state index in [9.17, 15) is 13.2 Å². The maximum atomic E-state index is 12.9. The fourth-order valence-corrected chi connectivity index (χ4v) is 3.30. The van der Waals surface area contributed by atoms with Crippen molar-refractivity contribution in [2.24, 2.45) is 0 Å². The Balaban J connectivity index is 1.44. The lowest BCUT2D eigenvalue weighted by Crippen LogP contribution is -2.35. The quantitative estimate of drug-likeness (QED) is 0.517. The lowest BCUT2D eigenvalue weighted by Gasteiger charge is -2.26. The van der Waals surface area contributed by atoms with E-state index in [0.717, 1.165) is 16.5 Å². The van der Waals surface area contributed by atoms with Gasteiger partial charge < -0.3 is 4.90 Å². The molecule has 3 aromatic heterocycles. The van der Waals surface area contributed by atoms with Gasteiger partial charge in [-0.3, -0.25) is 4.98 Å². The minimum Gasteiger partial charge on any atom is -0.331 e. The zero-order valence-electron chi connectivity index (χ0n) is 15.0. The van der Waals surface area contributed by atoms with Crippen LogP contribution in [0.15, 0.2) is 48.8 Å². The van der Waals surface area contributed by atoms with Gasteiger partial charge in [0.15, 0.2) is 0 Å². The van der Waals surface area contributed by atoms with Gasteiger partial charge in [-0.2, -0.15) is 13.2 Å². The van der Waals surface area contributed by atoms with Crippen LogP contribution in [0.4, 0.5) is 19.1 Å². The predicted octanol–water partition coefficient (Wildman–Crippen LogP) is 3.32. The molecule has 5 rings (SSSR count). The molecule has 0 bridgehead atoms. The first-order valence-corrected chi connectivity index (χ1v) is 8.91. The number of hydrogen-bond acceptors (Lipinski definition) is 6. The number of pyridine rings is 1. The number of nitrogens with zero attached hydrogens (tertiary/aromatic N) is 7. The molecule has 0 radical (unpaired) electrons. The summed E-state index contributed by atoms with van der Waals surface area (Å²) < 4.78 is 39.9. The van der Waals surface area contributed by atoms with E-state index in [-0.39, 0.29) is 18.9 Å². The third-order valence-electron chi connectivity index (χ3n) is 4.73. The molecule has 1 aliphatic rings. The number of fused-ring (bicyclic) bond motifs is 2. The Morgan fingerprint density at radius 3 is 2.69 bits per heavy atom. The average Bonchev–Trinajstić information content (AvgIpc) is 3.17. The first-order chi connectivity index (χ1) is 14.0. The molecule has 7 nitrogen and oxygen atoms in total. The third kappa shape index (κ3) is 3.26. The highest BCUT2D eigenvalue weighted by Crippen LogP contribution is 2.28. The van der Waals surface area contributed by atoms with E-state index in [1.165, 1.54) is 4.68 Å². The van der Waals surface area contributed by atoms with Crippen molar-refractivity contribution in [3.05, 3.63) is 60.4 Å². The van der Waals surface area contributed by atoms with Crippen LogP contribution in [0.2, 0.25) is 0 Å². The minimum absolute atomic E-state index is 0.155. The SMILES string of the molecule is FC(F)(F)c1nc2n(n1)CCN(c1nccc(-c3cnc4ccccc4c3)n1)C2. The zero-order valence-corrected chi connectivity index (χ0v) is 15.0. The van der Waals surface area contributed by atoms with E-state index in [0.29, 0.717) is 18.2 Å². The van der Waals surface area contributed by atoms with Crippen molar-refractivity contribution in [1.29, 1.82) is 0 Å². The van der Waals surface area contributed by atoms with Gasteiger partial charge in [-0.15, -0.1) is 5.10 Å². The number of para-hydroxylation sites is 1. The molecule has 0 saturated heterocycles. The molecule has 0 atom stereocenters. The summed E-state index contributed by atoms with van der Waals surface area (Å²) in [6.45, 7) is 0.874. The molecule has 1 aliphatic heterocycles. The van der Waals surface area contributed by atoms with Gasteiger partial charge in [0.05, 0.1) is 24.3 Å². The largest absolute Gasteiger partial charge is 0.453 e. The summed E-state index contributed by atoms with van der Waals surface area (Å²) >= 11 is 0. The van der Waals surface area contributed by atoms with Crippen molar-refractivity contribution in [3.63, 3.8) is 0 Å². The summed E-state index contributed by atoms with van der Waals surface area (Å²) in [5.74, 6) is -0.449. The minimum atomic E-state index is -4.56. The van der Waals surface area contributed by atoms with Gasteiger partial charge in [0, 0.05) is 29.9 Å². The molecule has 29 heavy (non-hydrogen) atoms. The summed E-state index contributed by atoms with van der Waals surface area (Å²) in [5, 5.41) is 4.55. The van der Waals surface area contributed by atoms with Crippen molar-refractivity contribution in [2.45, 2.75) is 19.3 Å². The molecule has 4 aromatic rings. The monoisotopic (exact) mass is 397 g/mol. The fourth-order valence-electron chi connectivity index (χ4n) is 3.30. The predicted molar refractivity (Wildman–Crippen MR) is 98.8 cm³/mol. The number of aromatic nitrogens is 6. The highest BCUT2D eigenvalue weighted by atomic mass is 19.4. The van der Waals surface area contributed by atoms with E-state index in [1.54, 1.807) is 23.4 Å². The molecule has 0 amide bonds. The molecule has 4 heterocycles. The summed E-state index contributed by atoms with van der Waals surface area (Å²) in [5.41, 5.74) is 2.42. The van der Waals surface area contributed by atoms with Gasteiger partial charge in [-0.1, -0.05) is 18.2 Å². The number of hydrogen-bond donors (Lipinski definition) is 0. The van der Waals surface area contributed by atoms with Crippen LogP contribution >= 0.6 is 0 Å². The normalized spacial score (nSPS) is 14.2. The Kier molecular flexibility index (Phi) is 3.93. The second kappa shape index (κ2) is 6.50. The van der Waals surface area contributed by atoms with E-state index in [1.807, 2.05) is 30.3 Å². The lowest BCUT2D eigenvalue weighted by molar-refractivity contribution is -0.145. The summed E-state index contributed by atoms with van der Waals surface area (Å²) in [7, 11) is 0. The third-order valence-corrected chi connectivity index (χ3v) is 4.73. The standard InChI is InChI=1S/C19H14F3N7/c20-19(21,22)17-26-16-11-28(7-8-29(16)27-17)18-23-6-5-15(25-18)13-9-12-3-1-2-4-14(12)24-10-13/h1-6,9-10H,7-8,11H2. The van der Waals surface area contributed by atoms with Crippen LogP contribution in [0, 0.1) is 0 Å². The molecule has 146 valence electrons. The van der Waals surface area contributed by atoms with E-state index < -0.39 is 12.0 Å². The van der Waals surface area contributed by atoms with Crippen LogP contribution in [0.1, 0.15) is 11.6 Å². The van der Waals surface area contributed by atoms with Gasteiger partial charge in [0.2, 0.25) is 5.95 Å². The summed E-state index contributed by atoms with van der Waals surface area (Å²) in [4.78, 5) is 18.8. The summed E-state index contributed by atoms with van der Waals surface area (Å²) in [6.07, 6.45) is -1.18. The van der Waals surface area contributed by atoms with E-state index in [4.69, 9.17) is 0 Å². The van der Waals surface area contributed by atoms with Crippen LogP contribution in [-0.4, -0.2) is 36.3 Å². The smallest absolute Gasteiger partial charge is 0.331 e. The first kappa shape index (κ1) is 17.5. The Morgan fingerprint density at radius 2 is 1.83 bits per heavy atom. The lowest BCUT2D eigenvalue weighted by atomic mass is 10.1.